The summed E-state index contributed by atoms with van der Waals surface area (Å²) in [4.78, 5) is 1.15. The van der Waals surface area contributed by atoms with Crippen LogP contribution >= 0.6 is 11.3 Å². The van der Waals surface area contributed by atoms with Gasteiger partial charge in [-0.2, -0.15) is 4.31 Å². The number of hydrogen-bond donors (Lipinski definition) is 1. The highest BCUT2D eigenvalue weighted by atomic mass is 32.2. The number of thiophene rings is 1. The van der Waals surface area contributed by atoms with Crippen LogP contribution in [0.4, 0.5) is 0 Å². The molecule has 4 nitrogen and oxygen atoms in total. The quantitative estimate of drug-likeness (QED) is 0.685. The van der Waals surface area contributed by atoms with Gasteiger partial charge in [-0.05, 0) is 11.4 Å². The summed E-state index contributed by atoms with van der Waals surface area (Å²) >= 11 is 1.41. The third-order valence-corrected chi connectivity index (χ3v) is 5.20. The Balaban J connectivity index is 2.66. The predicted octanol–water partition coefficient (Wildman–Crippen LogP) is 0.382. The van der Waals surface area contributed by atoms with Crippen molar-refractivity contribution >= 4 is 21.4 Å². The zero-order chi connectivity index (χ0) is 9.64. The van der Waals surface area contributed by atoms with Crippen LogP contribution in [0, 0.1) is 0 Å². The molecule has 0 saturated carbocycles. The highest BCUT2D eigenvalue weighted by molar-refractivity contribution is 7.89. The lowest BCUT2D eigenvalue weighted by atomic mass is 10.2. The first-order chi connectivity index (χ1) is 6.03. The zero-order valence-electron chi connectivity index (χ0n) is 7.10. The summed E-state index contributed by atoms with van der Waals surface area (Å²) in [6, 6.07) is 1.44. The predicted molar refractivity (Wildman–Crippen MR) is 51.1 cm³/mol. The summed E-state index contributed by atoms with van der Waals surface area (Å²) in [6.07, 6.45) is 0. The Labute approximate surface area is 81.0 Å². The average Bonchev–Trinajstić information content (AvgIpc) is 2.49. The topological polar surface area (TPSA) is 63.4 Å². The molecule has 0 amide bonds. The monoisotopic (exact) mass is 218 g/mol. The van der Waals surface area contributed by atoms with E-state index in [1.807, 2.05) is 0 Å². The highest BCUT2D eigenvalue weighted by Gasteiger charge is 2.33. The van der Waals surface area contributed by atoms with E-state index in [4.69, 9.17) is 5.73 Å². The number of hydrogen-bond acceptors (Lipinski definition) is 4. The summed E-state index contributed by atoms with van der Waals surface area (Å²) in [5.41, 5.74) is 5.81. The minimum atomic E-state index is -3.25. The standard InChI is InChI=1S/C7H10N2O2S2/c1-9-4-5(8)7-6(2-3-12-7)13(9,10)11/h2-3,5H,4,8H2,1H3/t5-/m1/s1. The molecule has 0 unspecified atom stereocenters. The van der Waals surface area contributed by atoms with Gasteiger partial charge in [-0.1, -0.05) is 0 Å². The molecule has 1 aliphatic rings. The summed E-state index contributed by atoms with van der Waals surface area (Å²) in [7, 11) is -1.70. The van der Waals surface area contributed by atoms with Crippen LogP contribution in [0.3, 0.4) is 0 Å². The van der Waals surface area contributed by atoms with Gasteiger partial charge in [-0.3, -0.25) is 0 Å². The maximum absolute atomic E-state index is 11.7. The Bertz CT molecular complexity index is 423. The third kappa shape index (κ3) is 1.21. The van der Waals surface area contributed by atoms with Gasteiger partial charge in [0, 0.05) is 18.5 Å². The van der Waals surface area contributed by atoms with Gasteiger partial charge in [-0.25, -0.2) is 8.42 Å². The second-order valence-electron chi connectivity index (χ2n) is 3.04. The van der Waals surface area contributed by atoms with Crippen LogP contribution in [0.1, 0.15) is 10.9 Å². The molecule has 0 bridgehead atoms. The van der Waals surface area contributed by atoms with Crippen molar-refractivity contribution < 1.29 is 8.42 Å². The molecule has 1 aromatic rings. The van der Waals surface area contributed by atoms with Crippen molar-refractivity contribution in [2.45, 2.75) is 10.9 Å². The lowest BCUT2D eigenvalue weighted by Crippen LogP contribution is -2.38. The fourth-order valence-electron chi connectivity index (χ4n) is 1.42. The molecule has 1 aromatic heterocycles. The molecular weight excluding hydrogens is 208 g/mol. The van der Waals surface area contributed by atoms with E-state index in [1.165, 1.54) is 15.6 Å². The van der Waals surface area contributed by atoms with Crippen LogP contribution in [0.2, 0.25) is 0 Å². The SMILES string of the molecule is CN1C[C@@H](N)c2sccc2S1(=O)=O. The summed E-state index contributed by atoms with van der Waals surface area (Å²) in [6.45, 7) is 0.371. The van der Waals surface area contributed by atoms with Crippen LogP contribution in [-0.2, 0) is 10.0 Å². The molecule has 2 rings (SSSR count). The first kappa shape index (κ1) is 9.14. The maximum Gasteiger partial charge on any atom is 0.244 e. The van der Waals surface area contributed by atoms with Gasteiger partial charge >= 0.3 is 0 Å². The molecule has 2 N–H and O–H groups in total. The molecule has 0 aromatic carbocycles. The van der Waals surface area contributed by atoms with Crippen LogP contribution in [0.5, 0.6) is 0 Å². The molecule has 13 heavy (non-hydrogen) atoms. The Kier molecular flexibility index (Phi) is 1.95. The van der Waals surface area contributed by atoms with E-state index in [-0.39, 0.29) is 6.04 Å². The van der Waals surface area contributed by atoms with Crippen molar-refractivity contribution in [2.24, 2.45) is 5.73 Å². The van der Waals surface area contributed by atoms with Gasteiger partial charge in [0.25, 0.3) is 0 Å². The maximum atomic E-state index is 11.7. The Morgan fingerprint density at radius 1 is 1.69 bits per heavy atom. The van der Waals surface area contributed by atoms with Crippen molar-refractivity contribution in [3.63, 3.8) is 0 Å². The van der Waals surface area contributed by atoms with Crippen molar-refractivity contribution in [3.05, 3.63) is 16.3 Å². The Morgan fingerprint density at radius 3 is 3.08 bits per heavy atom. The first-order valence-corrected chi connectivity index (χ1v) is 6.15. The lowest BCUT2D eigenvalue weighted by molar-refractivity contribution is 0.424. The van der Waals surface area contributed by atoms with E-state index < -0.39 is 10.0 Å². The zero-order valence-corrected chi connectivity index (χ0v) is 8.73. The highest BCUT2D eigenvalue weighted by Crippen LogP contribution is 2.33. The van der Waals surface area contributed by atoms with Gasteiger partial charge in [0.2, 0.25) is 10.0 Å². The van der Waals surface area contributed by atoms with E-state index in [9.17, 15) is 8.42 Å². The van der Waals surface area contributed by atoms with E-state index in [2.05, 4.69) is 0 Å². The second-order valence-corrected chi connectivity index (χ2v) is 6.00. The van der Waals surface area contributed by atoms with Crippen LogP contribution < -0.4 is 5.73 Å². The molecular formula is C7H10N2O2S2. The molecule has 1 atom stereocenters. The number of nitrogens with two attached hydrogens (primary N) is 1. The number of rotatable bonds is 0. The van der Waals surface area contributed by atoms with E-state index in [0.29, 0.717) is 11.4 Å². The number of fused-ring (bicyclic) bond motifs is 1. The Hall–Kier alpha value is -0.430. The third-order valence-electron chi connectivity index (χ3n) is 2.14. The number of likely N-dealkylation sites (N-methyl/N-ethyl adjacent to an activating group) is 1. The molecule has 0 fully saturated rings. The molecule has 0 saturated heterocycles. The van der Waals surface area contributed by atoms with Crippen molar-refractivity contribution in [2.75, 3.05) is 13.6 Å². The molecule has 0 spiro atoms. The summed E-state index contributed by atoms with van der Waals surface area (Å²) in [5, 5.41) is 1.77. The van der Waals surface area contributed by atoms with Gasteiger partial charge in [0.15, 0.2) is 0 Å². The van der Waals surface area contributed by atoms with E-state index in [0.717, 1.165) is 4.88 Å². The summed E-state index contributed by atoms with van der Waals surface area (Å²) in [5.74, 6) is 0. The van der Waals surface area contributed by atoms with Crippen molar-refractivity contribution in [1.82, 2.24) is 4.31 Å². The van der Waals surface area contributed by atoms with Crippen molar-refractivity contribution in [1.29, 1.82) is 0 Å². The average molecular weight is 218 g/mol. The Morgan fingerprint density at radius 2 is 2.38 bits per heavy atom. The van der Waals surface area contributed by atoms with Gasteiger partial charge in [0.1, 0.15) is 0 Å². The molecule has 0 radical (unpaired) electrons. The first-order valence-electron chi connectivity index (χ1n) is 3.83. The molecule has 72 valence electrons. The van der Waals surface area contributed by atoms with E-state index >= 15 is 0 Å². The minimum Gasteiger partial charge on any atom is -0.322 e. The van der Waals surface area contributed by atoms with Crippen molar-refractivity contribution in [3.8, 4) is 0 Å². The number of sulfonamides is 1. The fraction of sp³-hybridized carbons (Fsp3) is 0.429. The number of nitrogens with zero attached hydrogens (tertiary/aromatic N) is 1. The van der Waals surface area contributed by atoms with Gasteiger partial charge in [-0.15, -0.1) is 11.3 Å². The summed E-state index contributed by atoms with van der Waals surface area (Å²) < 4.78 is 24.7. The normalized spacial score (nSPS) is 27.1. The molecule has 0 aliphatic carbocycles. The fourth-order valence-corrected chi connectivity index (χ4v) is 4.09. The van der Waals surface area contributed by atoms with Gasteiger partial charge < -0.3 is 5.73 Å². The van der Waals surface area contributed by atoms with E-state index in [1.54, 1.807) is 18.5 Å². The lowest BCUT2D eigenvalue weighted by Gasteiger charge is -2.26. The van der Waals surface area contributed by atoms with Crippen LogP contribution in [0.15, 0.2) is 16.3 Å². The minimum absolute atomic E-state index is 0.177. The molecule has 1 aliphatic heterocycles. The smallest absolute Gasteiger partial charge is 0.244 e. The molecule has 2 heterocycles. The van der Waals surface area contributed by atoms with Crippen LogP contribution in [0.25, 0.3) is 0 Å². The second kappa shape index (κ2) is 2.78. The van der Waals surface area contributed by atoms with Crippen LogP contribution in [-0.4, -0.2) is 26.3 Å². The largest absolute Gasteiger partial charge is 0.322 e. The molecule has 6 heteroatoms. The van der Waals surface area contributed by atoms with Gasteiger partial charge in [0.05, 0.1) is 10.9 Å².